The predicted octanol–water partition coefficient (Wildman–Crippen LogP) is 3.71. The van der Waals surface area contributed by atoms with E-state index >= 15 is 0 Å². The van der Waals surface area contributed by atoms with Gasteiger partial charge in [-0.3, -0.25) is 0 Å². The van der Waals surface area contributed by atoms with Gasteiger partial charge >= 0.3 is 0 Å². The van der Waals surface area contributed by atoms with E-state index in [1.807, 2.05) is 6.92 Å². The molecule has 0 unspecified atom stereocenters. The molecule has 1 aromatic carbocycles. The third-order valence-corrected chi connectivity index (χ3v) is 3.39. The second-order valence-corrected chi connectivity index (χ2v) is 5.08. The van der Waals surface area contributed by atoms with E-state index in [1.54, 1.807) is 47.3 Å². The highest BCUT2D eigenvalue weighted by Gasteiger charge is 2.18. The average molecular weight is 337 g/mol. The van der Waals surface area contributed by atoms with Gasteiger partial charge in [0.05, 0.1) is 12.8 Å². The minimum absolute atomic E-state index is 0.198. The van der Waals surface area contributed by atoms with Crippen LogP contribution in [0.1, 0.15) is 18.3 Å². The first kappa shape index (κ1) is 16.5. The summed E-state index contributed by atoms with van der Waals surface area (Å²) in [6, 6.07) is 10.0. The quantitative estimate of drug-likeness (QED) is 0.526. The number of nitrogens with zero attached hydrogens (tertiary/aromatic N) is 5. The molecular weight excluding hydrogens is 321 g/mol. The summed E-state index contributed by atoms with van der Waals surface area (Å²) >= 11 is 0. The smallest absolute Gasteiger partial charge is 0.219 e. The van der Waals surface area contributed by atoms with Gasteiger partial charge in [-0.05, 0) is 31.8 Å². The van der Waals surface area contributed by atoms with Crippen LogP contribution in [0.2, 0.25) is 0 Å². The third-order valence-electron chi connectivity index (χ3n) is 3.39. The fourth-order valence-electron chi connectivity index (χ4n) is 2.24. The Bertz CT molecular complexity index is 925. The van der Waals surface area contributed by atoms with Gasteiger partial charge < -0.3 is 4.42 Å². The Hall–Kier alpha value is -3.35. The summed E-state index contributed by atoms with van der Waals surface area (Å²) in [7, 11) is 0. The molecule has 2 heterocycles. The Morgan fingerprint density at radius 1 is 1.32 bits per heavy atom. The van der Waals surface area contributed by atoms with Gasteiger partial charge in [0.15, 0.2) is 17.4 Å². The zero-order chi connectivity index (χ0) is 17.6. The number of rotatable bonds is 5. The highest BCUT2D eigenvalue weighted by molar-refractivity contribution is 5.98. The van der Waals surface area contributed by atoms with E-state index in [9.17, 15) is 4.39 Å². The fourth-order valence-corrected chi connectivity index (χ4v) is 2.24. The summed E-state index contributed by atoms with van der Waals surface area (Å²) in [5, 5.41) is 4.41. The lowest BCUT2D eigenvalue weighted by atomic mass is 10.2. The van der Waals surface area contributed by atoms with Crippen molar-refractivity contribution in [1.29, 1.82) is 0 Å². The number of furan rings is 1. The lowest BCUT2D eigenvalue weighted by Gasteiger charge is -2.05. The minimum atomic E-state index is -0.311. The molecule has 2 aromatic heterocycles. The highest BCUT2D eigenvalue weighted by atomic mass is 19.1. The van der Waals surface area contributed by atoms with Crippen LogP contribution in [0, 0.1) is 5.82 Å². The zero-order valence-electron chi connectivity index (χ0n) is 13.6. The number of amidine groups is 1. The molecule has 0 N–H and O–H groups in total. The number of aliphatic imine (C=N–C) groups is 2. The second-order valence-electron chi connectivity index (χ2n) is 5.08. The molecule has 0 radical (unpaired) electrons. The molecule has 3 aromatic rings. The van der Waals surface area contributed by atoms with E-state index in [2.05, 4.69) is 26.8 Å². The molecule has 6 nitrogen and oxygen atoms in total. The minimum Gasteiger partial charge on any atom is -0.461 e. The Balaban J connectivity index is 2.07. The largest absolute Gasteiger partial charge is 0.461 e. The van der Waals surface area contributed by atoms with Crippen LogP contribution in [0.4, 0.5) is 4.39 Å². The SMILES string of the molecule is C=NC(=NC=CC)c1nc(-c2ccco2)n(Cc2ccccc2F)n1. The number of hydrogen-bond donors (Lipinski definition) is 0. The predicted molar refractivity (Wildman–Crippen MR) is 94.1 cm³/mol. The van der Waals surface area contributed by atoms with E-state index in [-0.39, 0.29) is 24.0 Å². The standard InChI is InChI=1S/C18H16FN5O/c1-3-10-21-16(20-2)17-22-18(15-9-6-11-25-15)24(23-17)12-13-7-4-5-8-14(13)19/h3-11H,2,12H2,1H3. The number of benzene rings is 1. The number of allylic oxidation sites excluding steroid dienone is 1. The van der Waals surface area contributed by atoms with Crippen molar-refractivity contribution in [2.45, 2.75) is 13.5 Å². The average Bonchev–Trinajstić information content (AvgIpc) is 3.27. The second kappa shape index (κ2) is 7.48. The summed E-state index contributed by atoms with van der Waals surface area (Å²) in [5.41, 5.74) is 0.491. The van der Waals surface area contributed by atoms with Gasteiger partial charge in [-0.15, -0.1) is 5.10 Å². The van der Waals surface area contributed by atoms with Crippen LogP contribution in [0.3, 0.4) is 0 Å². The Morgan fingerprint density at radius 3 is 2.84 bits per heavy atom. The molecule has 25 heavy (non-hydrogen) atoms. The van der Waals surface area contributed by atoms with Gasteiger partial charge in [0.1, 0.15) is 5.82 Å². The molecule has 126 valence electrons. The van der Waals surface area contributed by atoms with Crippen molar-refractivity contribution >= 4 is 12.6 Å². The summed E-state index contributed by atoms with van der Waals surface area (Å²) in [6.07, 6.45) is 4.88. The molecule has 0 aliphatic heterocycles. The van der Waals surface area contributed by atoms with Crippen molar-refractivity contribution in [3.63, 3.8) is 0 Å². The van der Waals surface area contributed by atoms with Crippen LogP contribution in [0.15, 0.2) is 69.3 Å². The van der Waals surface area contributed by atoms with Crippen molar-refractivity contribution in [2.75, 3.05) is 0 Å². The Labute approximate surface area is 144 Å². The van der Waals surface area contributed by atoms with Crippen molar-refractivity contribution in [1.82, 2.24) is 14.8 Å². The maximum absolute atomic E-state index is 14.0. The third kappa shape index (κ3) is 3.60. The zero-order valence-corrected chi connectivity index (χ0v) is 13.6. The molecule has 0 aliphatic rings. The molecule has 0 aliphatic carbocycles. The maximum Gasteiger partial charge on any atom is 0.219 e. The summed E-state index contributed by atoms with van der Waals surface area (Å²) in [4.78, 5) is 12.5. The lowest BCUT2D eigenvalue weighted by molar-refractivity contribution is 0.557. The van der Waals surface area contributed by atoms with E-state index < -0.39 is 0 Å². The molecule has 0 spiro atoms. The van der Waals surface area contributed by atoms with E-state index in [0.29, 0.717) is 17.1 Å². The van der Waals surface area contributed by atoms with Crippen LogP contribution in [0.25, 0.3) is 11.6 Å². The van der Waals surface area contributed by atoms with Crippen LogP contribution < -0.4 is 0 Å². The van der Waals surface area contributed by atoms with Gasteiger partial charge in [-0.25, -0.2) is 24.0 Å². The molecule has 0 bridgehead atoms. The molecule has 0 saturated heterocycles. The molecule has 0 saturated carbocycles. The van der Waals surface area contributed by atoms with Gasteiger partial charge in [0.2, 0.25) is 5.82 Å². The summed E-state index contributed by atoms with van der Waals surface area (Å²) < 4.78 is 21.0. The van der Waals surface area contributed by atoms with E-state index in [0.717, 1.165) is 0 Å². The Kier molecular flexibility index (Phi) is 4.94. The van der Waals surface area contributed by atoms with Crippen LogP contribution in [-0.4, -0.2) is 27.3 Å². The van der Waals surface area contributed by atoms with Crippen molar-refractivity contribution in [3.8, 4) is 11.6 Å². The maximum atomic E-state index is 14.0. The number of halogens is 1. The van der Waals surface area contributed by atoms with Crippen LogP contribution in [-0.2, 0) is 6.54 Å². The summed E-state index contributed by atoms with van der Waals surface area (Å²) in [6.45, 7) is 5.54. The normalized spacial score (nSPS) is 12.0. The molecule has 7 heteroatoms. The van der Waals surface area contributed by atoms with Crippen molar-refractivity contribution in [2.24, 2.45) is 9.98 Å². The van der Waals surface area contributed by atoms with Crippen LogP contribution >= 0.6 is 0 Å². The molecular formula is C18H16FN5O. The van der Waals surface area contributed by atoms with Crippen molar-refractivity contribution in [3.05, 3.63) is 72.1 Å². The van der Waals surface area contributed by atoms with Gasteiger partial charge in [0, 0.05) is 11.8 Å². The van der Waals surface area contributed by atoms with Gasteiger partial charge in [-0.2, -0.15) is 0 Å². The molecule has 0 amide bonds. The lowest BCUT2D eigenvalue weighted by Crippen LogP contribution is -2.07. The van der Waals surface area contributed by atoms with E-state index in [1.165, 1.54) is 12.3 Å². The van der Waals surface area contributed by atoms with Gasteiger partial charge in [0.25, 0.3) is 0 Å². The van der Waals surface area contributed by atoms with Crippen LogP contribution in [0.5, 0.6) is 0 Å². The number of hydrogen-bond acceptors (Lipinski definition) is 4. The van der Waals surface area contributed by atoms with Gasteiger partial charge in [-0.1, -0.05) is 24.3 Å². The summed E-state index contributed by atoms with van der Waals surface area (Å²) in [5.74, 6) is 1.23. The topological polar surface area (TPSA) is 68.6 Å². The van der Waals surface area contributed by atoms with E-state index in [4.69, 9.17) is 4.42 Å². The first-order valence-electron chi connectivity index (χ1n) is 7.61. The molecule has 0 atom stereocenters. The molecule has 0 fully saturated rings. The Morgan fingerprint density at radius 2 is 2.16 bits per heavy atom. The highest BCUT2D eigenvalue weighted by Crippen LogP contribution is 2.20. The first-order chi connectivity index (χ1) is 12.2. The first-order valence-corrected chi connectivity index (χ1v) is 7.61. The fraction of sp³-hybridized carbons (Fsp3) is 0.111. The molecule has 3 rings (SSSR count). The monoisotopic (exact) mass is 337 g/mol. The number of aromatic nitrogens is 3. The van der Waals surface area contributed by atoms with Crippen molar-refractivity contribution < 1.29 is 8.81 Å².